The lowest BCUT2D eigenvalue weighted by atomic mass is 10.2. The first kappa shape index (κ1) is 23.0. The number of thiophene rings is 1. The second kappa shape index (κ2) is 9.23. The van der Waals surface area contributed by atoms with Crippen LogP contribution in [0.2, 0.25) is 5.02 Å². The monoisotopic (exact) mass is 471 g/mol. The van der Waals surface area contributed by atoms with Gasteiger partial charge in [-0.3, -0.25) is 9.69 Å². The van der Waals surface area contributed by atoms with Gasteiger partial charge in [0.25, 0.3) is 0 Å². The molecule has 1 aromatic heterocycles. The van der Waals surface area contributed by atoms with Crippen molar-refractivity contribution in [2.75, 3.05) is 38.6 Å². The number of nitrogens with zero attached hydrogens (tertiary/aromatic N) is 2. The molecule has 0 radical (unpaired) electrons. The minimum atomic E-state index is -3.51. The van der Waals surface area contributed by atoms with Gasteiger partial charge < -0.3 is 10.1 Å². The lowest BCUT2D eigenvalue weighted by Gasteiger charge is -2.36. The van der Waals surface area contributed by atoms with Gasteiger partial charge >= 0.3 is 0 Å². The molecular formula is C20H26ClN3O4S2. The van der Waals surface area contributed by atoms with Crippen LogP contribution in [-0.4, -0.2) is 62.9 Å². The average Bonchev–Trinajstić information content (AvgIpc) is 3.06. The highest BCUT2D eigenvalue weighted by molar-refractivity contribution is 7.89. The zero-order chi connectivity index (χ0) is 22.1. The number of amides is 1. The third kappa shape index (κ3) is 4.81. The highest BCUT2D eigenvalue weighted by atomic mass is 35.5. The lowest BCUT2D eigenvalue weighted by Crippen LogP contribution is -2.53. The summed E-state index contributed by atoms with van der Waals surface area (Å²) >= 11 is 7.60. The van der Waals surface area contributed by atoms with Crippen LogP contribution in [-0.2, 0) is 14.8 Å². The van der Waals surface area contributed by atoms with Gasteiger partial charge in [0.15, 0.2) is 0 Å². The molecule has 1 N–H and O–H groups in total. The molecule has 1 aliphatic heterocycles. The van der Waals surface area contributed by atoms with E-state index in [0.29, 0.717) is 47.5 Å². The molecule has 1 atom stereocenters. The van der Waals surface area contributed by atoms with Crippen LogP contribution < -0.4 is 10.1 Å². The lowest BCUT2D eigenvalue weighted by molar-refractivity contribution is -0.121. The number of benzene rings is 1. The Balaban J connectivity index is 1.61. The van der Waals surface area contributed by atoms with Gasteiger partial charge in [-0.15, -0.1) is 11.3 Å². The first-order chi connectivity index (χ1) is 14.1. The Morgan fingerprint density at radius 3 is 2.40 bits per heavy atom. The molecule has 3 rings (SSSR count). The minimum absolute atomic E-state index is 0.170. The van der Waals surface area contributed by atoms with Gasteiger partial charge in [0.1, 0.15) is 5.75 Å². The van der Waals surface area contributed by atoms with E-state index in [2.05, 4.69) is 5.32 Å². The third-order valence-electron chi connectivity index (χ3n) is 5.23. The molecule has 10 heteroatoms. The van der Waals surface area contributed by atoms with E-state index in [-0.39, 0.29) is 5.91 Å². The van der Waals surface area contributed by atoms with Crippen molar-refractivity contribution in [3.8, 4) is 5.75 Å². The highest BCUT2D eigenvalue weighted by Crippen LogP contribution is 2.29. The number of ether oxygens (including phenoxy) is 1. The predicted molar refractivity (Wildman–Crippen MR) is 120 cm³/mol. The van der Waals surface area contributed by atoms with Crippen molar-refractivity contribution in [3.05, 3.63) is 39.0 Å². The summed E-state index contributed by atoms with van der Waals surface area (Å²) in [6.45, 7) is 7.23. The second-order valence-electron chi connectivity index (χ2n) is 7.23. The molecule has 7 nitrogen and oxygen atoms in total. The summed E-state index contributed by atoms with van der Waals surface area (Å²) in [6, 6.07) is 6.39. The highest BCUT2D eigenvalue weighted by Gasteiger charge is 2.33. The molecular weight excluding hydrogens is 446 g/mol. The number of hydrogen-bond donors (Lipinski definition) is 1. The molecule has 1 aromatic carbocycles. The van der Waals surface area contributed by atoms with Gasteiger partial charge in [-0.2, -0.15) is 4.31 Å². The smallest absolute Gasteiger partial charge is 0.244 e. The number of halogens is 1. The fourth-order valence-corrected chi connectivity index (χ4v) is 6.69. The maximum Gasteiger partial charge on any atom is 0.244 e. The molecule has 1 amide bonds. The standard InChI is InChI=1S/C20H26ClN3O4S2/c1-13-11-19(15(3)29-13)30(26,27)24-9-7-23(8-10-24)14(2)20(25)22-16-5-6-18(28-4)17(21)12-16/h5-6,11-12,14H,7-10H2,1-4H3,(H,22,25). The fraction of sp³-hybridized carbons (Fsp3) is 0.450. The number of methoxy groups -OCH3 is 1. The van der Waals surface area contributed by atoms with Gasteiger partial charge in [0.05, 0.1) is 23.1 Å². The molecule has 1 fully saturated rings. The number of piperazine rings is 1. The van der Waals surface area contributed by atoms with Crippen LogP contribution >= 0.6 is 22.9 Å². The number of rotatable bonds is 6. The summed E-state index contributed by atoms with van der Waals surface area (Å²) in [6.07, 6.45) is 0. The van der Waals surface area contributed by atoms with Gasteiger partial charge in [0, 0.05) is 41.6 Å². The van der Waals surface area contributed by atoms with Gasteiger partial charge in [0.2, 0.25) is 15.9 Å². The van der Waals surface area contributed by atoms with E-state index in [1.165, 1.54) is 22.8 Å². The molecule has 0 spiro atoms. The van der Waals surface area contributed by atoms with Gasteiger partial charge in [-0.1, -0.05) is 11.6 Å². The van der Waals surface area contributed by atoms with Crippen molar-refractivity contribution >= 4 is 44.6 Å². The Hall–Kier alpha value is -1.65. The first-order valence-electron chi connectivity index (χ1n) is 9.59. The number of carbonyl (C=O) groups is 1. The summed E-state index contributed by atoms with van der Waals surface area (Å²) in [5, 5.41) is 3.27. The van der Waals surface area contributed by atoms with Crippen molar-refractivity contribution in [1.29, 1.82) is 0 Å². The molecule has 0 saturated carbocycles. The van der Waals surface area contributed by atoms with Crippen molar-refractivity contribution in [1.82, 2.24) is 9.21 Å². The molecule has 1 unspecified atom stereocenters. The number of aryl methyl sites for hydroxylation is 2. The zero-order valence-corrected chi connectivity index (χ0v) is 19.8. The summed E-state index contributed by atoms with van der Waals surface area (Å²) in [5.74, 6) is 0.368. The van der Waals surface area contributed by atoms with E-state index in [9.17, 15) is 13.2 Å². The Bertz CT molecular complexity index is 1030. The largest absolute Gasteiger partial charge is 0.495 e. The fourth-order valence-electron chi connectivity index (χ4n) is 3.49. The molecule has 1 saturated heterocycles. The number of carbonyl (C=O) groups excluding carboxylic acids is 1. The summed E-state index contributed by atoms with van der Waals surface area (Å²) in [4.78, 5) is 16.8. The second-order valence-corrected chi connectivity index (χ2v) is 11.0. The maximum absolute atomic E-state index is 13.0. The normalized spacial score (nSPS) is 17.0. The van der Waals surface area contributed by atoms with Crippen LogP contribution in [0.5, 0.6) is 5.75 Å². The predicted octanol–water partition coefficient (Wildman–Crippen LogP) is 3.36. The summed E-state index contributed by atoms with van der Waals surface area (Å²) in [5.41, 5.74) is 0.585. The van der Waals surface area contributed by atoms with E-state index in [0.717, 1.165) is 9.75 Å². The van der Waals surface area contributed by atoms with Crippen molar-refractivity contribution in [2.45, 2.75) is 31.7 Å². The Morgan fingerprint density at radius 2 is 1.87 bits per heavy atom. The number of anilines is 1. The van der Waals surface area contributed by atoms with Gasteiger partial charge in [-0.05, 0) is 45.0 Å². The molecule has 0 bridgehead atoms. The number of hydrogen-bond acceptors (Lipinski definition) is 6. The maximum atomic E-state index is 13.0. The Labute approximate surface area is 186 Å². The van der Waals surface area contributed by atoms with Crippen LogP contribution in [0.4, 0.5) is 5.69 Å². The molecule has 2 aromatic rings. The minimum Gasteiger partial charge on any atom is -0.495 e. The van der Waals surface area contributed by atoms with E-state index in [4.69, 9.17) is 16.3 Å². The number of nitrogens with one attached hydrogen (secondary N) is 1. The van der Waals surface area contributed by atoms with E-state index in [1.54, 1.807) is 24.3 Å². The van der Waals surface area contributed by atoms with Crippen LogP contribution in [0.25, 0.3) is 0 Å². The quantitative estimate of drug-likeness (QED) is 0.698. The zero-order valence-electron chi connectivity index (χ0n) is 17.4. The Morgan fingerprint density at radius 1 is 1.20 bits per heavy atom. The molecule has 30 heavy (non-hydrogen) atoms. The summed E-state index contributed by atoms with van der Waals surface area (Å²) < 4.78 is 32.6. The SMILES string of the molecule is COc1ccc(NC(=O)C(C)N2CCN(S(=O)(=O)c3cc(C)sc3C)CC2)cc1Cl. The van der Waals surface area contributed by atoms with Crippen molar-refractivity contribution < 1.29 is 17.9 Å². The van der Waals surface area contributed by atoms with E-state index in [1.807, 2.05) is 25.7 Å². The summed E-state index contributed by atoms with van der Waals surface area (Å²) in [7, 11) is -1.98. The first-order valence-corrected chi connectivity index (χ1v) is 12.2. The van der Waals surface area contributed by atoms with Crippen LogP contribution in [0.1, 0.15) is 16.7 Å². The average molecular weight is 472 g/mol. The van der Waals surface area contributed by atoms with Crippen molar-refractivity contribution in [2.24, 2.45) is 0 Å². The van der Waals surface area contributed by atoms with Crippen molar-refractivity contribution in [3.63, 3.8) is 0 Å². The molecule has 164 valence electrons. The third-order valence-corrected chi connectivity index (χ3v) is 8.65. The van der Waals surface area contributed by atoms with Crippen LogP contribution in [0.3, 0.4) is 0 Å². The van der Waals surface area contributed by atoms with Gasteiger partial charge in [-0.25, -0.2) is 8.42 Å². The molecule has 0 aliphatic carbocycles. The molecule has 1 aliphatic rings. The Kier molecular flexibility index (Phi) is 7.09. The van der Waals surface area contributed by atoms with Crippen LogP contribution in [0.15, 0.2) is 29.2 Å². The van der Waals surface area contributed by atoms with Crippen LogP contribution in [0, 0.1) is 13.8 Å². The topological polar surface area (TPSA) is 79.0 Å². The number of sulfonamides is 1. The van der Waals surface area contributed by atoms with E-state index < -0.39 is 16.1 Å². The molecule has 2 heterocycles. The van der Waals surface area contributed by atoms with E-state index >= 15 is 0 Å².